The van der Waals surface area contributed by atoms with Crippen LogP contribution in [-0.4, -0.2) is 90.8 Å². The van der Waals surface area contributed by atoms with Crippen LogP contribution < -0.4 is 11.1 Å². The average molecular weight is 640 g/mol. The summed E-state index contributed by atoms with van der Waals surface area (Å²) in [6, 6.07) is 22.9. The molecule has 3 aromatic carbocycles. The molecule has 4 rings (SSSR count). The van der Waals surface area contributed by atoms with Crippen molar-refractivity contribution in [3.8, 4) is 0 Å². The van der Waals surface area contributed by atoms with Gasteiger partial charge in [0.2, 0.25) is 17.7 Å². The number of benzene rings is 3. The van der Waals surface area contributed by atoms with Crippen LogP contribution in [0.15, 0.2) is 84.9 Å². The van der Waals surface area contributed by atoms with Gasteiger partial charge in [0.1, 0.15) is 12.1 Å². The van der Waals surface area contributed by atoms with Crippen molar-refractivity contribution in [3.05, 3.63) is 96.1 Å². The first-order chi connectivity index (χ1) is 22.5. The Kier molecular flexibility index (Phi) is 13.1. The fraction of sp³-hybridized carbons (Fsp3) is 0.462. The zero-order chi connectivity index (χ0) is 33.9. The molecule has 0 bridgehead atoms. The molecule has 0 radical (unpaired) electrons. The van der Waals surface area contributed by atoms with Crippen LogP contribution in [0.4, 0.5) is 0 Å². The standard InChI is InChI=1S/C39H53N5O3/c1-28(29(2)40)13-11-19-37(45)43(4)36(27-31-20-21-32-16-9-10-17-33(32)25-31)39(47)44(5)35(26-30-14-7-6-8-15-30)38(46)41-23-22-34-18-12-24-42(34)3/h6-11,14-17,19-21,25,28-29,34-36H,12-13,18,22-24,26-27,40H2,1-5H3,(H,41,46)/b19-11+/t28?,29?,34?,35-,36-/m1/s1. The lowest BCUT2D eigenvalue weighted by Gasteiger charge is -2.34. The molecule has 1 aliphatic heterocycles. The van der Waals surface area contributed by atoms with Crippen molar-refractivity contribution in [2.75, 3.05) is 34.2 Å². The minimum Gasteiger partial charge on any atom is -0.354 e. The molecule has 47 heavy (non-hydrogen) atoms. The van der Waals surface area contributed by atoms with Crippen LogP contribution >= 0.6 is 0 Å². The van der Waals surface area contributed by atoms with E-state index < -0.39 is 12.1 Å². The fourth-order valence-corrected chi connectivity index (χ4v) is 6.30. The van der Waals surface area contributed by atoms with Crippen molar-refractivity contribution in [3.63, 3.8) is 0 Å². The van der Waals surface area contributed by atoms with Gasteiger partial charge in [0.15, 0.2) is 0 Å². The molecule has 0 spiro atoms. The molecular weight excluding hydrogens is 586 g/mol. The van der Waals surface area contributed by atoms with Crippen LogP contribution in [0, 0.1) is 5.92 Å². The predicted octanol–water partition coefficient (Wildman–Crippen LogP) is 4.81. The van der Waals surface area contributed by atoms with Crippen LogP contribution in [0.3, 0.4) is 0 Å². The summed E-state index contributed by atoms with van der Waals surface area (Å²) in [5.74, 6) is -0.512. The molecule has 0 saturated carbocycles. The molecule has 5 atom stereocenters. The van der Waals surface area contributed by atoms with E-state index in [-0.39, 0.29) is 29.7 Å². The summed E-state index contributed by atoms with van der Waals surface area (Å²) in [6.07, 6.45) is 7.89. The number of nitrogens with zero attached hydrogens (tertiary/aromatic N) is 3. The first-order valence-corrected chi connectivity index (χ1v) is 17.0. The van der Waals surface area contributed by atoms with Crippen LogP contribution in [0.5, 0.6) is 0 Å². The highest BCUT2D eigenvalue weighted by molar-refractivity contribution is 5.95. The largest absolute Gasteiger partial charge is 0.354 e. The van der Waals surface area contributed by atoms with Crippen LogP contribution in [0.25, 0.3) is 10.8 Å². The van der Waals surface area contributed by atoms with Gasteiger partial charge >= 0.3 is 0 Å². The second-order valence-electron chi connectivity index (χ2n) is 13.3. The van der Waals surface area contributed by atoms with Crippen molar-refractivity contribution in [1.82, 2.24) is 20.0 Å². The minimum absolute atomic E-state index is 0.00938. The normalized spacial score (nSPS) is 17.7. The lowest BCUT2D eigenvalue weighted by atomic mass is 9.98. The van der Waals surface area contributed by atoms with E-state index >= 15 is 0 Å². The van der Waals surface area contributed by atoms with Gasteiger partial charge in [-0.3, -0.25) is 14.4 Å². The van der Waals surface area contributed by atoms with E-state index in [1.54, 1.807) is 19.0 Å². The van der Waals surface area contributed by atoms with Crippen LogP contribution in [0.1, 0.15) is 50.7 Å². The number of fused-ring (bicyclic) bond motifs is 1. The Morgan fingerprint density at radius 1 is 0.915 bits per heavy atom. The first-order valence-electron chi connectivity index (χ1n) is 17.0. The lowest BCUT2D eigenvalue weighted by molar-refractivity contribution is -0.146. The third-order valence-corrected chi connectivity index (χ3v) is 9.85. The molecule has 3 amide bonds. The predicted molar refractivity (Wildman–Crippen MR) is 191 cm³/mol. The van der Waals surface area contributed by atoms with Crippen molar-refractivity contribution >= 4 is 28.5 Å². The number of hydrogen-bond donors (Lipinski definition) is 2. The van der Waals surface area contributed by atoms with Gasteiger partial charge in [-0.1, -0.05) is 85.8 Å². The summed E-state index contributed by atoms with van der Waals surface area (Å²) >= 11 is 0. The molecule has 8 heteroatoms. The van der Waals surface area contributed by atoms with E-state index in [0.29, 0.717) is 31.8 Å². The summed E-state index contributed by atoms with van der Waals surface area (Å²) < 4.78 is 0. The molecule has 1 saturated heterocycles. The number of likely N-dealkylation sites (N-methyl/N-ethyl adjacent to an activating group) is 2. The number of likely N-dealkylation sites (tertiary alicyclic amines) is 1. The second kappa shape index (κ2) is 17.2. The summed E-state index contributed by atoms with van der Waals surface area (Å²) in [6.45, 7) is 5.63. The Morgan fingerprint density at radius 2 is 1.60 bits per heavy atom. The third kappa shape index (κ3) is 9.99. The maximum Gasteiger partial charge on any atom is 0.246 e. The molecule has 8 nitrogen and oxygen atoms in total. The minimum atomic E-state index is -0.817. The fourth-order valence-electron chi connectivity index (χ4n) is 6.30. The first kappa shape index (κ1) is 35.8. The van der Waals surface area contributed by atoms with Gasteiger partial charge < -0.3 is 25.8 Å². The quantitative estimate of drug-likeness (QED) is 0.233. The van der Waals surface area contributed by atoms with Gasteiger partial charge in [0, 0.05) is 45.6 Å². The lowest BCUT2D eigenvalue weighted by Crippen LogP contribution is -2.56. The van der Waals surface area contributed by atoms with E-state index in [9.17, 15) is 14.4 Å². The highest BCUT2D eigenvalue weighted by Crippen LogP contribution is 2.21. The number of carbonyl (C=O) groups is 3. The molecule has 0 aliphatic carbocycles. The Balaban J connectivity index is 1.58. The summed E-state index contributed by atoms with van der Waals surface area (Å²) in [5.41, 5.74) is 7.92. The zero-order valence-electron chi connectivity index (χ0n) is 28.8. The van der Waals surface area contributed by atoms with E-state index in [1.807, 2.05) is 80.6 Å². The maximum atomic E-state index is 14.5. The number of amides is 3. The SMILES string of the molecule is CC(N)C(C)C/C=C/C(=O)N(C)[C@H](Cc1ccc2ccccc2c1)C(=O)N(C)[C@H](Cc1ccccc1)C(=O)NCCC1CCCN1C. The van der Waals surface area contributed by atoms with E-state index in [0.717, 1.165) is 41.3 Å². The highest BCUT2D eigenvalue weighted by Gasteiger charge is 2.35. The van der Waals surface area contributed by atoms with Gasteiger partial charge in [0.05, 0.1) is 0 Å². The Morgan fingerprint density at radius 3 is 2.28 bits per heavy atom. The smallest absolute Gasteiger partial charge is 0.246 e. The third-order valence-electron chi connectivity index (χ3n) is 9.85. The number of nitrogens with one attached hydrogen (secondary N) is 1. The molecule has 3 unspecified atom stereocenters. The van der Waals surface area contributed by atoms with Gasteiger partial charge in [-0.25, -0.2) is 0 Å². The van der Waals surface area contributed by atoms with Crippen molar-refractivity contribution < 1.29 is 14.4 Å². The van der Waals surface area contributed by atoms with E-state index in [1.165, 1.54) is 17.4 Å². The molecule has 1 fully saturated rings. The second-order valence-corrected chi connectivity index (χ2v) is 13.3. The number of nitrogens with two attached hydrogens (primary N) is 1. The van der Waals surface area contributed by atoms with Gasteiger partial charge in [-0.15, -0.1) is 0 Å². The van der Waals surface area contributed by atoms with Crippen molar-refractivity contribution in [2.24, 2.45) is 11.7 Å². The highest BCUT2D eigenvalue weighted by atomic mass is 16.2. The Hall–Kier alpha value is -4.01. The Labute approximate surface area is 281 Å². The van der Waals surface area contributed by atoms with E-state index in [4.69, 9.17) is 5.73 Å². The molecule has 252 valence electrons. The summed E-state index contributed by atoms with van der Waals surface area (Å²) in [4.78, 5) is 47.2. The van der Waals surface area contributed by atoms with Gasteiger partial charge in [-0.2, -0.15) is 0 Å². The molecule has 0 aromatic heterocycles. The van der Waals surface area contributed by atoms with Crippen molar-refractivity contribution in [2.45, 2.75) is 76.5 Å². The molecule has 3 N–H and O–H groups in total. The Bertz CT molecular complexity index is 1510. The number of rotatable bonds is 15. The molecule has 3 aromatic rings. The van der Waals surface area contributed by atoms with Crippen molar-refractivity contribution in [1.29, 1.82) is 0 Å². The molecule has 1 heterocycles. The molecular formula is C39H53N5O3. The van der Waals surface area contributed by atoms with E-state index in [2.05, 4.69) is 29.4 Å². The average Bonchev–Trinajstić information content (AvgIpc) is 3.49. The number of carbonyl (C=O) groups excluding carboxylic acids is 3. The maximum absolute atomic E-state index is 14.5. The number of hydrogen-bond acceptors (Lipinski definition) is 5. The van der Waals surface area contributed by atoms with Gasteiger partial charge in [0.25, 0.3) is 0 Å². The summed E-state index contributed by atoms with van der Waals surface area (Å²) in [5, 5.41) is 5.31. The zero-order valence-corrected chi connectivity index (χ0v) is 28.8. The number of allylic oxidation sites excluding steroid dienone is 1. The monoisotopic (exact) mass is 639 g/mol. The topological polar surface area (TPSA) is 99.0 Å². The summed E-state index contributed by atoms with van der Waals surface area (Å²) in [7, 11) is 5.49. The van der Waals surface area contributed by atoms with Gasteiger partial charge in [-0.05, 0) is 80.1 Å². The molecule has 1 aliphatic rings. The van der Waals surface area contributed by atoms with Crippen LogP contribution in [0.2, 0.25) is 0 Å². The van der Waals surface area contributed by atoms with Crippen LogP contribution in [-0.2, 0) is 27.2 Å².